The summed E-state index contributed by atoms with van der Waals surface area (Å²) in [6, 6.07) is 5.58. The molecule has 7 nitrogen and oxygen atoms in total. The Morgan fingerprint density at radius 2 is 2.12 bits per heavy atom. The van der Waals surface area contributed by atoms with E-state index in [4.69, 9.17) is 5.73 Å². The summed E-state index contributed by atoms with van der Waals surface area (Å²) in [4.78, 5) is 20.4. The number of pyridine rings is 2. The molecule has 3 N–H and O–H groups in total. The molecule has 24 heavy (non-hydrogen) atoms. The van der Waals surface area contributed by atoms with Crippen molar-refractivity contribution in [2.75, 3.05) is 11.1 Å². The topological polar surface area (TPSA) is 107 Å². The van der Waals surface area contributed by atoms with Crippen molar-refractivity contribution in [2.24, 2.45) is 5.92 Å². The molecule has 0 atom stereocenters. The minimum Gasteiger partial charge on any atom is -0.382 e. The van der Waals surface area contributed by atoms with Gasteiger partial charge in [0.05, 0.1) is 5.69 Å². The van der Waals surface area contributed by atoms with Crippen LogP contribution >= 0.6 is 0 Å². The van der Waals surface area contributed by atoms with Crippen molar-refractivity contribution in [1.29, 1.82) is 0 Å². The first kappa shape index (κ1) is 14.5. The molecule has 0 spiro atoms. The lowest BCUT2D eigenvalue weighted by Gasteiger charge is -2.09. The van der Waals surface area contributed by atoms with Crippen LogP contribution in [-0.2, 0) is 4.79 Å². The highest BCUT2D eigenvalue weighted by Crippen LogP contribution is 2.31. The van der Waals surface area contributed by atoms with Crippen LogP contribution < -0.4 is 11.1 Å². The lowest BCUT2D eigenvalue weighted by Crippen LogP contribution is -2.14. The zero-order valence-corrected chi connectivity index (χ0v) is 13.2. The number of nitrogens with one attached hydrogen (secondary N) is 1. The Kier molecular flexibility index (Phi) is 3.34. The van der Waals surface area contributed by atoms with Crippen molar-refractivity contribution in [1.82, 2.24) is 20.2 Å². The molecule has 3 aromatic heterocycles. The summed E-state index contributed by atoms with van der Waals surface area (Å²) in [6.45, 7) is 1.99. The van der Waals surface area contributed by atoms with Gasteiger partial charge in [-0.1, -0.05) is 0 Å². The van der Waals surface area contributed by atoms with E-state index in [1.807, 2.05) is 19.1 Å². The molecular formula is C17H16N6O. The molecule has 3 heterocycles. The first-order valence-corrected chi connectivity index (χ1v) is 7.77. The van der Waals surface area contributed by atoms with Crippen LogP contribution in [0.25, 0.3) is 22.2 Å². The third-order valence-corrected chi connectivity index (χ3v) is 4.11. The van der Waals surface area contributed by atoms with Crippen molar-refractivity contribution < 1.29 is 4.79 Å². The van der Waals surface area contributed by atoms with E-state index in [0.717, 1.165) is 35.0 Å². The highest BCUT2D eigenvalue weighted by Gasteiger charge is 2.29. The van der Waals surface area contributed by atoms with E-state index >= 15 is 0 Å². The van der Waals surface area contributed by atoms with Crippen molar-refractivity contribution in [3.63, 3.8) is 0 Å². The number of carbonyl (C=O) groups excluding carboxylic acids is 1. The highest BCUT2D eigenvalue weighted by atomic mass is 16.2. The minimum atomic E-state index is -0.00555. The van der Waals surface area contributed by atoms with E-state index in [-0.39, 0.29) is 11.8 Å². The summed E-state index contributed by atoms with van der Waals surface area (Å²) in [5.74, 6) is 0.838. The number of hydrogen-bond donors (Lipinski definition) is 2. The SMILES string of the molecule is Cc1ccncc1-c1cc2cc(NC(=O)C3CC3)nnc2c(N)n1. The predicted molar refractivity (Wildman–Crippen MR) is 91.1 cm³/mol. The van der Waals surface area contributed by atoms with Gasteiger partial charge in [-0.3, -0.25) is 9.78 Å². The quantitative estimate of drug-likeness (QED) is 0.767. The fourth-order valence-corrected chi connectivity index (χ4v) is 2.58. The largest absolute Gasteiger partial charge is 0.382 e. The molecule has 1 amide bonds. The van der Waals surface area contributed by atoms with Crippen LogP contribution in [0.1, 0.15) is 18.4 Å². The Morgan fingerprint density at radius 1 is 1.29 bits per heavy atom. The molecule has 0 saturated heterocycles. The summed E-state index contributed by atoms with van der Waals surface area (Å²) in [5, 5.41) is 11.7. The molecular weight excluding hydrogens is 304 g/mol. The molecule has 120 valence electrons. The second-order valence-corrected chi connectivity index (χ2v) is 6.01. The first-order valence-electron chi connectivity index (χ1n) is 7.77. The van der Waals surface area contributed by atoms with Gasteiger partial charge in [-0.25, -0.2) is 4.98 Å². The summed E-state index contributed by atoms with van der Waals surface area (Å²) in [6.07, 6.45) is 5.37. The summed E-state index contributed by atoms with van der Waals surface area (Å²) in [5.41, 5.74) is 9.24. The summed E-state index contributed by atoms with van der Waals surface area (Å²) >= 11 is 0. The van der Waals surface area contributed by atoms with Crippen LogP contribution in [0.15, 0.2) is 30.6 Å². The first-order chi connectivity index (χ1) is 11.6. The molecule has 0 radical (unpaired) electrons. The smallest absolute Gasteiger partial charge is 0.228 e. The van der Waals surface area contributed by atoms with Gasteiger partial charge in [0.15, 0.2) is 11.6 Å². The number of nitrogen functional groups attached to an aromatic ring is 1. The Labute approximate surface area is 138 Å². The molecule has 0 unspecified atom stereocenters. The molecule has 0 bridgehead atoms. The standard InChI is InChI=1S/C17H16N6O/c1-9-4-5-19-8-12(9)13-6-11-7-14(21-17(24)10-2-3-10)22-23-15(11)16(18)20-13/h4-8,10H,2-3H2,1H3,(H2,18,20)(H,21,22,24). The van der Waals surface area contributed by atoms with Gasteiger partial charge in [-0.15, -0.1) is 10.2 Å². The van der Waals surface area contributed by atoms with E-state index in [0.29, 0.717) is 17.2 Å². The Bertz CT molecular complexity index is 951. The maximum atomic E-state index is 11.9. The molecule has 0 aromatic carbocycles. The van der Waals surface area contributed by atoms with Gasteiger partial charge >= 0.3 is 0 Å². The van der Waals surface area contributed by atoms with Crippen LogP contribution in [0.5, 0.6) is 0 Å². The van der Waals surface area contributed by atoms with E-state index in [1.54, 1.807) is 18.5 Å². The van der Waals surface area contributed by atoms with Gasteiger partial charge in [-0.05, 0) is 43.5 Å². The Hall–Kier alpha value is -3.09. The van der Waals surface area contributed by atoms with Gasteiger partial charge in [0, 0.05) is 29.3 Å². The van der Waals surface area contributed by atoms with Gasteiger partial charge in [0.1, 0.15) is 5.52 Å². The summed E-state index contributed by atoms with van der Waals surface area (Å²) in [7, 11) is 0. The van der Waals surface area contributed by atoms with Crippen LogP contribution in [0.4, 0.5) is 11.6 Å². The van der Waals surface area contributed by atoms with E-state index in [1.165, 1.54) is 0 Å². The van der Waals surface area contributed by atoms with Gasteiger partial charge in [0.25, 0.3) is 0 Å². The van der Waals surface area contributed by atoms with Crippen LogP contribution in [0.2, 0.25) is 0 Å². The maximum absolute atomic E-state index is 11.9. The second kappa shape index (κ2) is 5.52. The lowest BCUT2D eigenvalue weighted by atomic mass is 10.1. The van der Waals surface area contributed by atoms with E-state index < -0.39 is 0 Å². The number of aromatic nitrogens is 4. The maximum Gasteiger partial charge on any atom is 0.228 e. The number of nitrogens with zero attached hydrogens (tertiary/aromatic N) is 4. The zero-order chi connectivity index (χ0) is 16.7. The molecule has 1 aliphatic carbocycles. The fraction of sp³-hybridized carbons (Fsp3) is 0.235. The highest BCUT2D eigenvalue weighted by molar-refractivity contribution is 5.96. The molecule has 4 rings (SSSR count). The molecule has 7 heteroatoms. The zero-order valence-electron chi connectivity index (χ0n) is 13.2. The van der Waals surface area contributed by atoms with Crippen LogP contribution in [-0.4, -0.2) is 26.1 Å². The molecule has 1 fully saturated rings. The van der Waals surface area contributed by atoms with E-state index in [9.17, 15) is 4.79 Å². The van der Waals surface area contributed by atoms with Crippen molar-refractivity contribution in [3.05, 3.63) is 36.2 Å². The normalized spacial score (nSPS) is 13.9. The summed E-state index contributed by atoms with van der Waals surface area (Å²) < 4.78 is 0. The Balaban J connectivity index is 1.77. The monoisotopic (exact) mass is 320 g/mol. The molecule has 1 saturated carbocycles. The van der Waals surface area contributed by atoms with Gasteiger partial charge in [0.2, 0.25) is 5.91 Å². The molecule has 3 aromatic rings. The number of aryl methyl sites for hydroxylation is 1. The van der Waals surface area contributed by atoms with Crippen molar-refractivity contribution in [3.8, 4) is 11.3 Å². The number of nitrogens with two attached hydrogens (primary N) is 1. The Morgan fingerprint density at radius 3 is 2.88 bits per heavy atom. The van der Waals surface area contributed by atoms with E-state index in [2.05, 4.69) is 25.5 Å². The fourth-order valence-electron chi connectivity index (χ4n) is 2.58. The number of rotatable bonds is 3. The van der Waals surface area contributed by atoms with Crippen molar-refractivity contribution in [2.45, 2.75) is 19.8 Å². The predicted octanol–water partition coefficient (Wildman–Crippen LogP) is 2.33. The third-order valence-electron chi connectivity index (χ3n) is 4.11. The van der Waals surface area contributed by atoms with Crippen molar-refractivity contribution >= 4 is 28.4 Å². The minimum absolute atomic E-state index is 0.00555. The number of amides is 1. The number of hydrogen-bond acceptors (Lipinski definition) is 6. The average molecular weight is 320 g/mol. The lowest BCUT2D eigenvalue weighted by molar-refractivity contribution is -0.117. The number of anilines is 2. The number of fused-ring (bicyclic) bond motifs is 1. The molecule has 0 aliphatic heterocycles. The second-order valence-electron chi connectivity index (χ2n) is 6.01. The molecule has 1 aliphatic rings. The van der Waals surface area contributed by atoms with Gasteiger partial charge in [-0.2, -0.15) is 0 Å². The third kappa shape index (κ3) is 2.64. The van der Waals surface area contributed by atoms with Gasteiger partial charge < -0.3 is 11.1 Å². The van der Waals surface area contributed by atoms with Crippen LogP contribution in [0, 0.1) is 12.8 Å². The number of carbonyl (C=O) groups is 1. The average Bonchev–Trinajstić information content (AvgIpc) is 3.40. The van der Waals surface area contributed by atoms with Crippen LogP contribution in [0.3, 0.4) is 0 Å².